The number of amides is 1. The zero-order valence-corrected chi connectivity index (χ0v) is 9.39. The van der Waals surface area contributed by atoms with Crippen molar-refractivity contribution in [3.05, 3.63) is 28.4 Å². The maximum Gasteiger partial charge on any atom is 0.284 e. The zero-order valence-electron chi connectivity index (χ0n) is 9.39. The topological polar surface area (TPSA) is 128 Å². The Hall–Kier alpha value is -1.77. The molecule has 8 nitrogen and oxygen atoms in total. The number of carbonyl (C=O) groups excluding carboxylic acids is 1. The first-order valence-electron chi connectivity index (χ1n) is 5.36. The van der Waals surface area contributed by atoms with Gasteiger partial charge in [0.15, 0.2) is 5.69 Å². The molecule has 3 atom stereocenters. The van der Waals surface area contributed by atoms with Crippen molar-refractivity contribution in [1.82, 2.24) is 9.55 Å². The molecule has 18 heavy (non-hydrogen) atoms. The summed E-state index contributed by atoms with van der Waals surface area (Å²) in [5, 5.41) is 18.5. The number of hydrogen-bond donors (Lipinski definition) is 3. The molecule has 1 aliphatic rings. The minimum Gasteiger partial charge on any atom is -0.394 e. The van der Waals surface area contributed by atoms with E-state index < -0.39 is 29.9 Å². The number of ether oxygens (including phenoxy) is 1. The minimum atomic E-state index is -0.924. The van der Waals surface area contributed by atoms with Crippen molar-refractivity contribution in [3.63, 3.8) is 0 Å². The Bertz CT molecular complexity index is 514. The van der Waals surface area contributed by atoms with Gasteiger partial charge in [0.05, 0.1) is 12.7 Å². The fraction of sp³-hybridized carbons (Fsp3) is 0.500. The molecule has 1 aromatic heterocycles. The average molecular weight is 255 g/mol. The third kappa shape index (κ3) is 2.13. The van der Waals surface area contributed by atoms with Crippen molar-refractivity contribution in [2.75, 3.05) is 6.61 Å². The van der Waals surface area contributed by atoms with E-state index in [1.807, 2.05) is 0 Å². The van der Waals surface area contributed by atoms with Gasteiger partial charge in [-0.3, -0.25) is 14.2 Å². The van der Waals surface area contributed by atoms with Crippen molar-refractivity contribution in [2.45, 2.75) is 24.9 Å². The fourth-order valence-electron chi connectivity index (χ4n) is 1.87. The van der Waals surface area contributed by atoms with Gasteiger partial charge >= 0.3 is 0 Å². The van der Waals surface area contributed by atoms with Gasteiger partial charge in [-0.2, -0.15) is 0 Å². The highest BCUT2D eigenvalue weighted by atomic mass is 16.5. The highest BCUT2D eigenvalue weighted by Gasteiger charge is 2.35. The number of nitrogens with two attached hydrogens (primary N) is 1. The smallest absolute Gasteiger partial charge is 0.284 e. The second kappa shape index (κ2) is 4.84. The SMILES string of the molecule is NC(=O)c1nccn(C2CC(O)C(CO)O2)c1=O. The first kappa shape index (κ1) is 12.7. The molecule has 0 radical (unpaired) electrons. The van der Waals surface area contributed by atoms with Crippen LogP contribution in [0.25, 0.3) is 0 Å². The molecule has 1 fully saturated rings. The van der Waals surface area contributed by atoms with Crippen LogP contribution < -0.4 is 11.3 Å². The molecule has 1 aliphatic heterocycles. The number of rotatable bonds is 3. The van der Waals surface area contributed by atoms with Crippen LogP contribution in [0.2, 0.25) is 0 Å². The summed E-state index contributed by atoms with van der Waals surface area (Å²) in [6, 6.07) is 0. The maximum absolute atomic E-state index is 11.9. The Balaban J connectivity index is 2.33. The molecule has 98 valence electrons. The van der Waals surface area contributed by atoms with Crippen molar-refractivity contribution in [3.8, 4) is 0 Å². The number of primary amides is 1. The third-order valence-electron chi connectivity index (χ3n) is 2.80. The molecule has 0 aliphatic carbocycles. The van der Waals surface area contributed by atoms with Crippen LogP contribution in [0.4, 0.5) is 0 Å². The van der Waals surface area contributed by atoms with Crippen molar-refractivity contribution in [1.29, 1.82) is 0 Å². The normalized spacial score (nSPS) is 27.3. The molecule has 0 spiro atoms. The number of aliphatic hydroxyl groups is 2. The predicted octanol–water partition coefficient (Wildman–Crippen LogP) is -2.02. The summed E-state index contributed by atoms with van der Waals surface area (Å²) in [7, 11) is 0. The Kier molecular flexibility index (Phi) is 3.41. The fourth-order valence-corrected chi connectivity index (χ4v) is 1.87. The van der Waals surface area contributed by atoms with E-state index in [1.54, 1.807) is 0 Å². The predicted molar refractivity (Wildman–Crippen MR) is 58.6 cm³/mol. The van der Waals surface area contributed by atoms with Gasteiger partial charge in [-0.25, -0.2) is 4.98 Å². The summed E-state index contributed by atoms with van der Waals surface area (Å²) in [5.74, 6) is -0.924. The standard InChI is InChI=1S/C10H13N3O5/c11-9(16)8-10(17)13(2-1-12-8)7-3-5(15)6(4-14)18-7/h1-2,5-7,14-15H,3-4H2,(H2,11,16). The van der Waals surface area contributed by atoms with Gasteiger partial charge in [-0.05, 0) is 0 Å². The lowest BCUT2D eigenvalue weighted by Gasteiger charge is -2.14. The molecule has 1 amide bonds. The number of aliphatic hydroxyl groups excluding tert-OH is 2. The minimum absolute atomic E-state index is 0.146. The van der Waals surface area contributed by atoms with Crippen LogP contribution >= 0.6 is 0 Å². The zero-order chi connectivity index (χ0) is 13.3. The van der Waals surface area contributed by atoms with Crippen molar-refractivity contribution < 1.29 is 19.7 Å². The summed E-state index contributed by atoms with van der Waals surface area (Å²) in [4.78, 5) is 26.5. The summed E-state index contributed by atoms with van der Waals surface area (Å²) >= 11 is 0. The lowest BCUT2D eigenvalue weighted by molar-refractivity contribution is -0.0456. The van der Waals surface area contributed by atoms with E-state index in [-0.39, 0.29) is 18.7 Å². The molecule has 4 N–H and O–H groups in total. The number of carbonyl (C=O) groups is 1. The molecule has 0 aromatic carbocycles. The lowest BCUT2D eigenvalue weighted by atomic mass is 10.2. The second-order valence-corrected chi connectivity index (χ2v) is 3.97. The van der Waals surface area contributed by atoms with E-state index in [9.17, 15) is 14.7 Å². The van der Waals surface area contributed by atoms with Gasteiger partial charge < -0.3 is 20.7 Å². The van der Waals surface area contributed by atoms with Crippen LogP contribution in [0.1, 0.15) is 23.1 Å². The molecule has 1 saturated heterocycles. The molecule has 1 aromatic rings. The van der Waals surface area contributed by atoms with Crippen molar-refractivity contribution in [2.24, 2.45) is 5.73 Å². The van der Waals surface area contributed by atoms with Crippen LogP contribution in [0.5, 0.6) is 0 Å². The Morgan fingerprint density at radius 1 is 1.67 bits per heavy atom. The summed E-state index contributed by atoms with van der Waals surface area (Å²) < 4.78 is 6.44. The van der Waals surface area contributed by atoms with Crippen LogP contribution in [0, 0.1) is 0 Å². The Labute approximate surface area is 102 Å². The van der Waals surface area contributed by atoms with E-state index >= 15 is 0 Å². The molecule has 2 rings (SSSR count). The second-order valence-electron chi connectivity index (χ2n) is 3.97. The van der Waals surface area contributed by atoms with E-state index in [0.717, 1.165) is 4.57 Å². The highest BCUT2D eigenvalue weighted by Crippen LogP contribution is 2.27. The van der Waals surface area contributed by atoms with Gasteiger partial charge in [0.2, 0.25) is 0 Å². The van der Waals surface area contributed by atoms with Gasteiger partial charge in [0.1, 0.15) is 12.3 Å². The van der Waals surface area contributed by atoms with Gasteiger partial charge in [-0.1, -0.05) is 0 Å². The summed E-state index contributed by atoms with van der Waals surface area (Å²) in [6.07, 6.45) is 0.387. The highest BCUT2D eigenvalue weighted by molar-refractivity contribution is 5.90. The molecule has 3 unspecified atom stereocenters. The quantitative estimate of drug-likeness (QED) is 0.572. The molecule has 8 heteroatoms. The number of nitrogens with zero attached hydrogens (tertiary/aromatic N) is 2. The van der Waals surface area contributed by atoms with Gasteiger partial charge in [-0.15, -0.1) is 0 Å². The van der Waals surface area contributed by atoms with E-state index in [1.165, 1.54) is 12.4 Å². The van der Waals surface area contributed by atoms with Crippen LogP contribution in [-0.2, 0) is 4.74 Å². The summed E-state index contributed by atoms with van der Waals surface area (Å²) in [6.45, 7) is -0.347. The van der Waals surface area contributed by atoms with Crippen LogP contribution in [-0.4, -0.2) is 44.5 Å². The molecule has 2 heterocycles. The average Bonchev–Trinajstić information content (AvgIpc) is 2.70. The van der Waals surface area contributed by atoms with E-state index in [0.29, 0.717) is 0 Å². The largest absolute Gasteiger partial charge is 0.394 e. The van der Waals surface area contributed by atoms with Crippen LogP contribution in [0.15, 0.2) is 17.2 Å². The van der Waals surface area contributed by atoms with E-state index in [4.69, 9.17) is 15.6 Å². The van der Waals surface area contributed by atoms with E-state index in [2.05, 4.69) is 4.98 Å². The first-order valence-corrected chi connectivity index (χ1v) is 5.36. The third-order valence-corrected chi connectivity index (χ3v) is 2.80. The number of hydrogen-bond acceptors (Lipinski definition) is 6. The molecule has 0 saturated carbocycles. The lowest BCUT2D eigenvalue weighted by Crippen LogP contribution is -2.33. The molecular weight excluding hydrogens is 242 g/mol. The van der Waals surface area contributed by atoms with Gasteiger partial charge in [0, 0.05) is 18.8 Å². The first-order chi connectivity index (χ1) is 8.54. The van der Waals surface area contributed by atoms with Crippen molar-refractivity contribution >= 4 is 5.91 Å². The summed E-state index contributed by atoms with van der Waals surface area (Å²) in [5.41, 5.74) is 3.95. The maximum atomic E-state index is 11.9. The monoisotopic (exact) mass is 255 g/mol. The van der Waals surface area contributed by atoms with Gasteiger partial charge in [0.25, 0.3) is 11.5 Å². The Morgan fingerprint density at radius 3 is 2.94 bits per heavy atom. The Morgan fingerprint density at radius 2 is 2.39 bits per heavy atom. The molecular formula is C10H13N3O5. The van der Waals surface area contributed by atoms with Crippen LogP contribution in [0.3, 0.4) is 0 Å². The number of aromatic nitrogens is 2. The molecule has 0 bridgehead atoms.